The van der Waals surface area contributed by atoms with Gasteiger partial charge in [-0.05, 0) is 69.8 Å². The number of benzene rings is 4. The average Bonchev–Trinajstić information content (AvgIpc) is 2.78. The largest absolute Gasteiger partial charge is 0.478 e. The van der Waals surface area contributed by atoms with Crippen LogP contribution in [0, 0.1) is 0 Å². The van der Waals surface area contributed by atoms with Crippen molar-refractivity contribution < 1.29 is 9.90 Å². The lowest BCUT2D eigenvalue weighted by Gasteiger charge is -2.30. The van der Waals surface area contributed by atoms with Crippen LogP contribution < -0.4 is 4.90 Å². The van der Waals surface area contributed by atoms with Crippen molar-refractivity contribution in [3.63, 3.8) is 0 Å². The van der Waals surface area contributed by atoms with Crippen LogP contribution in [0.5, 0.6) is 0 Å². The standard InChI is InChI=1S/C31H33NO2/c1-30(2,3)22-13-17-24(18-14-22)32(23-15-11-21(12-16-23)29(33)34)28-20-19-27(31(4,5)6)25-9-7-8-10-26(25)28/h7-20H,1-6H3,(H,33,34). The first-order valence-corrected chi connectivity index (χ1v) is 11.7. The van der Waals surface area contributed by atoms with Gasteiger partial charge in [0.2, 0.25) is 0 Å². The molecule has 0 aromatic heterocycles. The van der Waals surface area contributed by atoms with E-state index in [0.29, 0.717) is 0 Å². The summed E-state index contributed by atoms with van der Waals surface area (Å²) in [5.41, 5.74) is 5.94. The summed E-state index contributed by atoms with van der Waals surface area (Å²) in [6.07, 6.45) is 0. The third-order valence-corrected chi connectivity index (χ3v) is 6.31. The first kappa shape index (κ1) is 23.6. The van der Waals surface area contributed by atoms with Gasteiger partial charge in [-0.1, -0.05) is 84.0 Å². The number of nitrogens with zero attached hydrogens (tertiary/aromatic N) is 1. The number of fused-ring (bicyclic) bond motifs is 1. The van der Waals surface area contributed by atoms with Crippen LogP contribution in [-0.2, 0) is 10.8 Å². The van der Waals surface area contributed by atoms with E-state index in [-0.39, 0.29) is 16.4 Å². The van der Waals surface area contributed by atoms with Gasteiger partial charge in [0.05, 0.1) is 11.3 Å². The lowest BCUT2D eigenvalue weighted by atomic mass is 9.83. The zero-order chi connectivity index (χ0) is 24.7. The lowest BCUT2D eigenvalue weighted by molar-refractivity contribution is 0.0697. The molecule has 0 heterocycles. The first-order chi connectivity index (χ1) is 16.0. The molecule has 3 nitrogen and oxygen atoms in total. The van der Waals surface area contributed by atoms with Crippen molar-refractivity contribution in [3.8, 4) is 0 Å². The summed E-state index contributed by atoms with van der Waals surface area (Å²) in [5.74, 6) is -0.924. The Balaban J connectivity index is 1.95. The van der Waals surface area contributed by atoms with Crippen LogP contribution in [0.15, 0.2) is 84.9 Å². The zero-order valence-electron chi connectivity index (χ0n) is 20.9. The van der Waals surface area contributed by atoms with Crippen LogP contribution in [0.2, 0.25) is 0 Å². The molecule has 0 saturated carbocycles. The molecule has 0 saturated heterocycles. The van der Waals surface area contributed by atoms with Crippen LogP contribution in [0.1, 0.15) is 63.0 Å². The van der Waals surface area contributed by atoms with Gasteiger partial charge < -0.3 is 10.0 Å². The molecule has 0 aliphatic heterocycles. The highest BCUT2D eigenvalue weighted by Gasteiger charge is 2.22. The normalized spacial score (nSPS) is 12.1. The Morgan fingerprint density at radius 3 is 1.68 bits per heavy atom. The van der Waals surface area contributed by atoms with Gasteiger partial charge in [-0.25, -0.2) is 4.79 Å². The van der Waals surface area contributed by atoms with Gasteiger partial charge >= 0.3 is 5.97 Å². The molecule has 0 amide bonds. The SMILES string of the molecule is CC(C)(C)c1ccc(N(c2ccc(C(=O)O)cc2)c2ccc(C(C)(C)C)c3ccccc23)cc1. The maximum absolute atomic E-state index is 11.4. The Kier molecular flexibility index (Phi) is 5.99. The molecule has 4 rings (SSSR count). The molecule has 1 N–H and O–H groups in total. The maximum Gasteiger partial charge on any atom is 0.335 e. The van der Waals surface area contributed by atoms with E-state index in [1.807, 2.05) is 12.1 Å². The number of hydrogen-bond donors (Lipinski definition) is 1. The lowest BCUT2D eigenvalue weighted by Crippen LogP contribution is -2.15. The highest BCUT2D eigenvalue weighted by atomic mass is 16.4. The average molecular weight is 452 g/mol. The van der Waals surface area contributed by atoms with E-state index < -0.39 is 5.97 Å². The van der Waals surface area contributed by atoms with E-state index in [0.717, 1.165) is 22.4 Å². The molecule has 0 bridgehead atoms. The monoisotopic (exact) mass is 451 g/mol. The highest BCUT2D eigenvalue weighted by molar-refractivity contribution is 6.01. The fraction of sp³-hybridized carbons (Fsp3) is 0.258. The van der Waals surface area contributed by atoms with Crippen LogP contribution in [0.25, 0.3) is 10.8 Å². The summed E-state index contributed by atoms with van der Waals surface area (Å²) in [4.78, 5) is 13.7. The van der Waals surface area contributed by atoms with Gasteiger partial charge in [0.25, 0.3) is 0 Å². The van der Waals surface area contributed by atoms with Crippen molar-refractivity contribution in [3.05, 3.63) is 102 Å². The van der Waals surface area contributed by atoms with Crippen molar-refractivity contribution in [2.75, 3.05) is 4.90 Å². The van der Waals surface area contributed by atoms with Gasteiger partial charge in [-0.3, -0.25) is 0 Å². The number of carboxylic acid groups (broad SMARTS) is 1. The van der Waals surface area contributed by atoms with Crippen molar-refractivity contribution in [1.82, 2.24) is 0 Å². The van der Waals surface area contributed by atoms with Crippen LogP contribution in [0.4, 0.5) is 17.1 Å². The molecule has 4 aromatic rings. The Labute approximate surface area is 202 Å². The van der Waals surface area contributed by atoms with Crippen LogP contribution >= 0.6 is 0 Å². The maximum atomic E-state index is 11.4. The zero-order valence-corrected chi connectivity index (χ0v) is 20.9. The quantitative estimate of drug-likeness (QED) is 0.338. The number of aromatic carboxylic acids is 1. The summed E-state index contributed by atoms with van der Waals surface area (Å²) >= 11 is 0. The Hall–Kier alpha value is -3.59. The Bertz CT molecular complexity index is 1320. The third-order valence-electron chi connectivity index (χ3n) is 6.31. The van der Waals surface area contributed by atoms with Crippen LogP contribution in [0.3, 0.4) is 0 Å². The summed E-state index contributed by atoms with van der Waals surface area (Å²) in [6, 6.07) is 28.7. The van der Waals surface area contributed by atoms with Crippen molar-refractivity contribution in [2.45, 2.75) is 52.4 Å². The molecule has 34 heavy (non-hydrogen) atoms. The summed E-state index contributed by atoms with van der Waals surface area (Å²) in [6.45, 7) is 13.3. The molecule has 0 aliphatic rings. The van der Waals surface area contributed by atoms with E-state index >= 15 is 0 Å². The predicted octanol–water partition coefficient (Wildman–Crippen LogP) is 8.60. The predicted molar refractivity (Wildman–Crippen MR) is 143 cm³/mol. The fourth-order valence-electron chi connectivity index (χ4n) is 4.42. The Morgan fingerprint density at radius 2 is 1.18 bits per heavy atom. The van der Waals surface area contributed by atoms with Crippen LogP contribution in [-0.4, -0.2) is 11.1 Å². The van der Waals surface area contributed by atoms with Crippen molar-refractivity contribution in [2.24, 2.45) is 0 Å². The van der Waals surface area contributed by atoms with E-state index in [1.54, 1.807) is 12.1 Å². The summed E-state index contributed by atoms with van der Waals surface area (Å²) < 4.78 is 0. The van der Waals surface area contributed by atoms with E-state index in [4.69, 9.17) is 0 Å². The summed E-state index contributed by atoms with van der Waals surface area (Å²) in [5, 5.41) is 11.8. The minimum Gasteiger partial charge on any atom is -0.478 e. The van der Waals surface area contributed by atoms with Crippen molar-refractivity contribution >= 4 is 33.8 Å². The van der Waals surface area contributed by atoms with Gasteiger partial charge in [-0.15, -0.1) is 0 Å². The molecule has 174 valence electrons. The molecular weight excluding hydrogens is 418 g/mol. The summed E-state index contributed by atoms with van der Waals surface area (Å²) in [7, 11) is 0. The second-order valence-electron chi connectivity index (χ2n) is 10.9. The number of carboxylic acids is 1. The smallest absolute Gasteiger partial charge is 0.335 e. The number of rotatable bonds is 4. The molecule has 0 unspecified atom stereocenters. The van der Waals surface area contributed by atoms with Gasteiger partial charge in [0.1, 0.15) is 0 Å². The van der Waals surface area contributed by atoms with Gasteiger partial charge in [0, 0.05) is 16.8 Å². The molecule has 4 aromatic carbocycles. The molecule has 0 fully saturated rings. The number of anilines is 3. The van der Waals surface area contributed by atoms with E-state index in [1.165, 1.54) is 16.5 Å². The fourth-order valence-corrected chi connectivity index (χ4v) is 4.42. The second kappa shape index (κ2) is 8.64. The molecule has 0 atom stereocenters. The number of hydrogen-bond acceptors (Lipinski definition) is 2. The van der Waals surface area contributed by atoms with E-state index in [9.17, 15) is 9.90 Å². The highest BCUT2D eigenvalue weighted by Crippen LogP contribution is 2.42. The topological polar surface area (TPSA) is 40.5 Å². The minimum absolute atomic E-state index is 0.0143. The molecular formula is C31H33NO2. The Morgan fingerprint density at radius 1 is 0.647 bits per heavy atom. The van der Waals surface area contributed by atoms with Crippen molar-refractivity contribution in [1.29, 1.82) is 0 Å². The van der Waals surface area contributed by atoms with E-state index in [2.05, 4.69) is 107 Å². The van der Waals surface area contributed by atoms with Gasteiger partial charge in [-0.2, -0.15) is 0 Å². The molecule has 0 aliphatic carbocycles. The number of carbonyl (C=O) groups is 1. The first-order valence-electron chi connectivity index (χ1n) is 11.7. The van der Waals surface area contributed by atoms with Gasteiger partial charge in [0.15, 0.2) is 0 Å². The molecule has 0 radical (unpaired) electrons. The third kappa shape index (κ3) is 4.56. The second-order valence-corrected chi connectivity index (χ2v) is 10.9. The molecule has 0 spiro atoms. The molecule has 3 heteroatoms. The minimum atomic E-state index is -0.924.